The van der Waals surface area contributed by atoms with Gasteiger partial charge in [-0.15, -0.1) is 0 Å². The zero-order chi connectivity index (χ0) is 40.8. The van der Waals surface area contributed by atoms with Gasteiger partial charge in [-0.05, 0) is 43.5 Å². The first-order valence-electron chi connectivity index (χ1n) is 20.8. The number of phosphoric ester groups is 1. The first kappa shape index (κ1) is 46.1. The molecule has 1 unspecified atom stereocenters. The summed E-state index contributed by atoms with van der Waals surface area (Å²) >= 11 is 0. The molecule has 2 aromatic heterocycles. The molecule has 3 N–H and O–H groups in total. The summed E-state index contributed by atoms with van der Waals surface area (Å²) in [5.74, 6) is 0.762. The van der Waals surface area contributed by atoms with E-state index in [1.165, 1.54) is 108 Å². The number of nitrogens with zero attached hydrogens (tertiary/aromatic N) is 5. The van der Waals surface area contributed by atoms with Crippen molar-refractivity contribution < 1.29 is 37.5 Å². The lowest BCUT2D eigenvalue weighted by atomic mass is 9.98. The molecule has 1 aliphatic heterocycles. The topological polar surface area (TPSA) is 196 Å². The molecule has 314 valence electrons. The number of ether oxygens (including phenoxy) is 4. The first-order chi connectivity index (χ1) is 27.7. The predicted octanol–water partition coefficient (Wildman–Crippen LogP) is 9.09. The molecule has 3 aromatic rings. The maximum absolute atomic E-state index is 13.0. The summed E-state index contributed by atoms with van der Waals surface area (Å²) in [5.41, 5.74) is 6.80. The van der Waals surface area contributed by atoms with Crippen molar-refractivity contribution in [2.45, 2.75) is 147 Å². The Kier molecular flexibility index (Phi) is 20.2. The number of nitriles is 2. The summed E-state index contributed by atoms with van der Waals surface area (Å²) in [6, 6.07) is 12.8. The standard InChI is InChI=1S/C42H63N6O8P/c1-3-4-5-6-7-8-9-10-11-12-13-14-15-16-17-18-25-52-29-37(53-28-35-20-19-34(27-43)26-39(35)51-2)31-55-57(49,50)54-30-36-23-24-42(32-44,56-36)40-22-21-38-41(45)46-33-47-48(38)40/h19-22,26,33,36-37H,3-18,23-25,28-31H2,1-2H3,(H,49,50)(H2,45,46,47)/t36-,37+,42-/m0/s1. The summed E-state index contributed by atoms with van der Waals surface area (Å²) in [4.78, 5) is 14.6. The molecule has 1 aromatic carbocycles. The third-order valence-electron chi connectivity index (χ3n) is 10.4. The second-order valence-electron chi connectivity index (χ2n) is 14.9. The van der Waals surface area contributed by atoms with Gasteiger partial charge in [0.05, 0.1) is 57.0 Å². The number of rotatable bonds is 30. The maximum atomic E-state index is 13.0. The molecule has 0 bridgehead atoms. The van der Waals surface area contributed by atoms with E-state index in [0.29, 0.717) is 47.5 Å². The Bertz CT molecular complexity index is 1760. The average molecular weight is 811 g/mol. The highest BCUT2D eigenvalue weighted by molar-refractivity contribution is 7.47. The fraction of sp³-hybridized carbons (Fsp3) is 0.667. The normalized spacial score (nSPS) is 18.3. The Balaban J connectivity index is 1.17. The molecule has 0 saturated carbocycles. The smallest absolute Gasteiger partial charge is 0.472 e. The Morgan fingerprint density at radius 1 is 0.965 bits per heavy atom. The van der Waals surface area contributed by atoms with E-state index < -0.39 is 25.6 Å². The average Bonchev–Trinajstić information content (AvgIpc) is 3.86. The van der Waals surface area contributed by atoms with Gasteiger partial charge in [0.25, 0.3) is 0 Å². The number of nitrogen functional groups attached to an aromatic ring is 1. The van der Waals surface area contributed by atoms with E-state index in [1.54, 1.807) is 30.3 Å². The van der Waals surface area contributed by atoms with Gasteiger partial charge in [0, 0.05) is 12.2 Å². The summed E-state index contributed by atoms with van der Waals surface area (Å²) < 4.78 is 48.9. The Labute approximate surface area is 338 Å². The lowest BCUT2D eigenvalue weighted by Gasteiger charge is -2.23. The van der Waals surface area contributed by atoms with Crippen LogP contribution in [0.25, 0.3) is 5.52 Å². The minimum atomic E-state index is -4.56. The molecule has 4 atom stereocenters. The number of anilines is 1. The van der Waals surface area contributed by atoms with Crippen molar-refractivity contribution in [3.05, 3.63) is 53.5 Å². The number of hydrogen-bond acceptors (Lipinski definition) is 12. The molecular weight excluding hydrogens is 747 g/mol. The van der Waals surface area contributed by atoms with Crippen LogP contribution in [0.4, 0.5) is 5.82 Å². The Hall–Kier alpha value is -3.59. The molecule has 3 heterocycles. The quantitative estimate of drug-likeness (QED) is 0.0478. The molecule has 0 amide bonds. The SMILES string of the molecule is CCCCCCCCCCCCCCCCCCOC[C@H](COP(=O)(O)OC[C@@H]1CC[C@](C#N)(c2ccc3c(N)ncnn23)O1)OCc1ccc(C#N)cc1OC. The third-order valence-corrected chi connectivity index (χ3v) is 11.4. The van der Waals surface area contributed by atoms with E-state index in [0.717, 1.165) is 12.8 Å². The van der Waals surface area contributed by atoms with Crippen molar-refractivity contribution in [1.29, 1.82) is 10.5 Å². The van der Waals surface area contributed by atoms with E-state index in [2.05, 4.69) is 29.1 Å². The van der Waals surface area contributed by atoms with Crippen LogP contribution in [0.5, 0.6) is 5.75 Å². The molecule has 57 heavy (non-hydrogen) atoms. The van der Waals surface area contributed by atoms with Gasteiger partial charge in [-0.1, -0.05) is 109 Å². The van der Waals surface area contributed by atoms with Crippen molar-refractivity contribution in [2.24, 2.45) is 0 Å². The van der Waals surface area contributed by atoms with Gasteiger partial charge in [-0.25, -0.2) is 14.1 Å². The van der Waals surface area contributed by atoms with Crippen LogP contribution in [0.2, 0.25) is 0 Å². The highest BCUT2D eigenvalue weighted by Gasteiger charge is 2.45. The van der Waals surface area contributed by atoms with E-state index in [-0.39, 0.29) is 32.2 Å². The monoisotopic (exact) mass is 810 g/mol. The van der Waals surface area contributed by atoms with E-state index >= 15 is 0 Å². The molecule has 4 rings (SSSR count). The van der Waals surface area contributed by atoms with Crippen LogP contribution >= 0.6 is 7.82 Å². The number of methoxy groups -OCH3 is 1. The van der Waals surface area contributed by atoms with E-state index in [4.69, 9.17) is 33.7 Å². The van der Waals surface area contributed by atoms with Crippen molar-refractivity contribution >= 4 is 19.2 Å². The van der Waals surface area contributed by atoms with Crippen molar-refractivity contribution in [3.63, 3.8) is 0 Å². The Morgan fingerprint density at radius 3 is 2.26 bits per heavy atom. The third kappa shape index (κ3) is 15.3. The lowest BCUT2D eigenvalue weighted by Crippen LogP contribution is -2.28. The molecule has 0 aliphatic carbocycles. The van der Waals surface area contributed by atoms with Crippen LogP contribution in [0, 0.1) is 22.7 Å². The van der Waals surface area contributed by atoms with Gasteiger partial charge in [-0.3, -0.25) is 9.05 Å². The van der Waals surface area contributed by atoms with Gasteiger partial charge < -0.3 is 29.6 Å². The van der Waals surface area contributed by atoms with Crippen LogP contribution < -0.4 is 10.5 Å². The van der Waals surface area contributed by atoms with Crippen LogP contribution in [0.1, 0.15) is 139 Å². The zero-order valence-corrected chi connectivity index (χ0v) is 34.8. The second-order valence-corrected chi connectivity index (χ2v) is 16.3. The summed E-state index contributed by atoms with van der Waals surface area (Å²) in [7, 11) is -3.04. The molecule has 15 heteroatoms. The Morgan fingerprint density at radius 2 is 1.63 bits per heavy atom. The van der Waals surface area contributed by atoms with Gasteiger partial charge in [0.15, 0.2) is 11.4 Å². The number of benzene rings is 1. The largest absolute Gasteiger partial charge is 0.496 e. The first-order valence-corrected chi connectivity index (χ1v) is 22.3. The summed E-state index contributed by atoms with van der Waals surface area (Å²) in [6.45, 7) is 2.46. The van der Waals surface area contributed by atoms with Crippen LogP contribution in [-0.4, -0.2) is 65.2 Å². The molecule has 14 nitrogen and oxygen atoms in total. The highest BCUT2D eigenvalue weighted by Crippen LogP contribution is 2.46. The fourth-order valence-electron chi connectivity index (χ4n) is 7.11. The fourth-order valence-corrected chi connectivity index (χ4v) is 7.90. The van der Waals surface area contributed by atoms with Crippen molar-refractivity contribution in [1.82, 2.24) is 14.6 Å². The number of unbranched alkanes of at least 4 members (excludes halogenated alkanes) is 15. The van der Waals surface area contributed by atoms with Gasteiger partial charge in [0.1, 0.15) is 29.8 Å². The van der Waals surface area contributed by atoms with Gasteiger partial charge >= 0.3 is 7.82 Å². The second kappa shape index (κ2) is 25.0. The molecule has 0 spiro atoms. The number of hydrogen-bond donors (Lipinski definition) is 2. The number of nitrogens with two attached hydrogens (primary N) is 1. The van der Waals surface area contributed by atoms with Crippen molar-refractivity contribution in [3.8, 4) is 17.9 Å². The minimum absolute atomic E-state index is 0.0963. The molecular formula is C42H63N6O8P. The minimum Gasteiger partial charge on any atom is -0.496 e. The molecule has 1 saturated heterocycles. The van der Waals surface area contributed by atoms with Crippen LogP contribution in [0.15, 0.2) is 36.7 Å². The lowest BCUT2D eigenvalue weighted by molar-refractivity contribution is -0.0563. The number of fused-ring (bicyclic) bond motifs is 1. The molecule has 0 radical (unpaired) electrons. The summed E-state index contributed by atoms with van der Waals surface area (Å²) in [5, 5.41) is 23.6. The van der Waals surface area contributed by atoms with E-state index in [1.807, 2.05) is 0 Å². The van der Waals surface area contributed by atoms with Crippen LogP contribution in [-0.2, 0) is 40.0 Å². The molecule has 1 aliphatic rings. The maximum Gasteiger partial charge on any atom is 0.472 e. The van der Waals surface area contributed by atoms with Crippen LogP contribution in [0.3, 0.4) is 0 Å². The van der Waals surface area contributed by atoms with E-state index in [9.17, 15) is 20.0 Å². The summed E-state index contributed by atoms with van der Waals surface area (Å²) in [6.07, 6.45) is 21.3. The number of phosphoric acid groups is 1. The zero-order valence-electron chi connectivity index (χ0n) is 33.9. The predicted molar refractivity (Wildman–Crippen MR) is 217 cm³/mol. The van der Waals surface area contributed by atoms with Crippen molar-refractivity contribution in [2.75, 3.05) is 39.3 Å². The molecule has 1 fully saturated rings. The highest BCUT2D eigenvalue weighted by atomic mass is 31.2. The number of aromatic nitrogens is 3. The van der Waals surface area contributed by atoms with Gasteiger partial charge in [0.2, 0.25) is 0 Å². The van der Waals surface area contributed by atoms with Gasteiger partial charge in [-0.2, -0.15) is 15.6 Å².